The maximum Gasteiger partial charge on any atom is 0.255 e. The van der Waals surface area contributed by atoms with Crippen LogP contribution in [0.2, 0.25) is 0 Å². The second-order valence-electron chi connectivity index (χ2n) is 7.04. The number of hydrogen-bond acceptors (Lipinski definition) is 5. The fraction of sp³-hybridized carbons (Fsp3) is 0.526. The van der Waals surface area contributed by atoms with E-state index in [-0.39, 0.29) is 17.7 Å². The highest BCUT2D eigenvalue weighted by atomic mass is 16.3. The Morgan fingerprint density at radius 1 is 1.38 bits per heavy atom. The van der Waals surface area contributed by atoms with Gasteiger partial charge >= 0.3 is 0 Å². The number of rotatable bonds is 5. The van der Waals surface area contributed by atoms with Crippen molar-refractivity contribution in [2.24, 2.45) is 13.0 Å². The normalized spacial score (nSPS) is 20.9. The predicted octanol–water partition coefficient (Wildman–Crippen LogP) is 2.07. The summed E-state index contributed by atoms with van der Waals surface area (Å²) < 4.78 is 1.84. The largest absolute Gasteiger partial charge is 0.506 e. The first-order valence-electron chi connectivity index (χ1n) is 9.11. The van der Waals surface area contributed by atoms with Crippen LogP contribution < -0.4 is 0 Å². The number of aromatic hydroxyl groups is 1. The molecule has 1 aliphatic heterocycles. The van der Waals surface area contributed by atoms with E-state index < -0.39 is 0 Å². The van der Waals surface area contributed by atoms with Gasteiger partial charge in [0.05, 0.1) is 18.0 Å². The molecule has 1 aliphatic rings. The highest BCUT2D eigenvalue weighted by Gasteiger charge is 2.34. The van der Waals surface area contributed by atoms with E-state index in [1.54, 1.807) is 4.90 Å². The lowest BCUT2D eigenvalue weighted by Crippen LogP contribution is -2.43. The number of carbonyl (C=O) groups excluding carboxylic acids is 1. The summed E-state index contributed by atoms with van der Waals surface area (Å²) in [5.74, 6) is 0.228. The van der Waals surface area contributed by atoms with Gasteiger partial charge in [-0.3, -0.25) is 19.4 Å². The molecule has 140 valence electrons. The molecule has 1 N–H and O–H groups in total. The molecule has 0 aliphatic carbocycles. The van der Waals surface area contributed by atoms with Gasteiger partial charge in [0.15, 0.2) is 0 Å². The lowest BCUT2D eigenvalue weighted by Gasteiger charge is -2.42. The third-order valence-corrected chi connectivity index (χ3v) is 5.16. The molecule has 0 unspecified atom stereocenters. The highest BCUT2D eigenvalue weighted by Crippen LogP contribution is 2.36. The van der Waals surface area contributed by atoms with Crippen LogP contribution in [0.5, 0.6) is 5.75 Å². The molecule has 1 amide bonds. The Morgan fingerprint density at radius 3 is 2.85 bits per heavy atom. The van der Waals surface area contributed by atoms with Crippen LogP contribution in [0.25, 0.3) is 0 Å². The molecule has 1 saturated heterocycles. The second-order valence-corrected chi connectivity index (χ2v) is 7.04. The van der Waals surface area contributed by atoms with E-state index in [9.17, 15) is 9.90 Å². The maximum absolute atomic E-state index is 12.7. The van der Waals surface area contributed by atoms with Crippen molar-refractivity contribution in [1.82, 2.24) is 24.6 Å². The molecule has 1 fully saturated rings. The summed E-state index contributed by atoms with van der Waals surface area (Å²) in [5, 5.41) is 13.9. The van der Waals surface area contributed by atoms with Crippen molar-refractivity contribution in [2.75, 3.05) is 26.7 Å². The number of aryl methyl sites for hydroxylation is 1. The third kappa shape index (κ3) is 3.88. The van der Waals surface area contributed by atoms with Gasteiger partial charge in [-0.05, 0) is 37.9 Å². The van der Waals surface area contributed by atoms with Gasteiger partial charge < -0.3 is 10.0 Å². The monoisotopic (exact) mass is 357 g/mol. The first-order valence-corrected chi connectivity index (χ1v) is 9.11. The molecule has 2 atom stereocenters. The van der Waals surface area contributed by atoms with Crippen molar-refractivity contribution in [2.45, 2.75) is 25.8 Å². The van der Waals surface area contributed by atoms with E-state index in [0.717, 1.165) is 25.9 Å². The number of likely N-dealkylation sites (tertiary alicyclic amines) is 1. The summed E-state index contributed by atoms with van der Waals surface area (Å²) in [4.78, 5) is 20.8. The number of hydrogen-bond donors (Lipinski definition) is 1. The molecule has 0 radical (unpaired) electrons. The zero-order valence-electron chi connectivity index (χ0n) is 15.7. The van der Waals surface area contributed by atoms with Crippen molar-refractivity contribution >= 4 is 5.91 Å². The van der Waals surface area contributed by atoms with Crippen molar-refractivity contribution < 1.29 is 9.90 Å². The molecule has 0 aromatic carbocycles. The average molecular weight is 357 g/mol. The Balaban J connectivity index is 1.78. The Labute approximate surface area is 154 Å². The zero-order chi connectivity index (χ0) is 18.7. The molecule has 3 rings (SSSR count). The average Bonchev–Trinajstić information content (AvgIpc) is 3.06. The van der Waals surface area contributed by atoms with E-state index in [4.69, 9.17) is 0 Å². The standard InChI is InChI=1S/C19H27N5O2/c1-4-24-7-5-6-14(18(24)16-10-21-23(3)13-16)12-22(2)19(26)15-8-17(25)11-20-9-15/h8-11,13-14,18,25H,4-7,12H2,1-3H3/t14-,18+/m0/s1. The number of pyridine rings is 1. The molecule has 7 heteroatoms. The van der Waals surface area contributed by atoms with Gasteiger partial charge in [-0.25, -0.2) is 0 Å². The summed E-state index contributed by atoms with van der Waals surface area (Å²) in [7, 11) is 3.75. The van der Waals surface area contributed by atoms with Gasteiger partial charge in [0, 0.05) is 44.6 Å². The topological polar surface area (TPSA) is 74.5 Å². The summed E-state index contributed by atoms with van der Waals surface area (Å²) in [5.41, 5.74) is 1.62. The highest BCUT2D eigenvalue weighted by molar-refractivity contribution is 5.94. The van der Waals surface area contributed by atoms with E-state index in [0.29, 0.717) is 18.0 Å². The minimum atomic E-state index is -0.119. The van der Waals surface area contributed by atoms with Crippen LogP contribution >= 0.6 is 0 Å². The molecule has 2 aromatic heterocycles. The van der Waals surface area contributed by atoms with E-state index in [1.807, 2.05) is 25.0 Å². The van der Waals surface area contributed by atoms with Gasteiger partial charge in [-0.1, -0.05) is 6.92 Å². The van der Waals surface area contributed by atoms with Gasteiger partial charge in [-0.15, -0.1) is 0 Å². The summed E-state index contributed by atoms with van der Waals surface area (Å²) >= 11 is 0. The Hall–Kier alpha value is -2.41. The Morgan fingerprint density at radius 2 is 2.19 bits per heavy atom. The quantitative estimate of drug-likeness (QED) is 0.887. The molecule has 7 nitrogen and oxygen atoms in total. The molecule has 26 heavy (non-hydrogen) atoms. The smallest absolute Gasteiger partial charge is 0.255 e. The number of carbonyl (C=O) groups is 1. The van der Waals surface area contributed by atoms with Crippen LogP contribution in [-0.4, -0.2) is 62.3 Å². The molecule has 0 saturated carbocycles. The lowest BCUT2D eigenvalue weighted by atomic mass is 9.85. The first-order chi connectivity index (χ1) is 12.5. The number of amides is 1. The zero-order valence-corrected chi connectivity index (χ0v) is 15.7. The van der Waals surface area contributed by atoms with Crippen LogP contribution in [0.4, 0.5) is 0 Å². The lowest BCUT2D eigenvalue weighted by molar-refractivity contribution is 0.0588. The second kappa shape index (κ2) is 7.86. The molecule has 2 aromatic rings. The minimum absolute atomic E-state index is 0.00677. The predicted molar refractivity (Wildman–Crippen MR) is 98.8 cm³/mol. The van der Waals surface area contributed by atoms with Crippen LogP contribution in [0, 0.1) is 5.92 Å². The summed E-state index contributed by atoms with van der Waals surface area (Å²) in [6.07, 6.45) is 9.04. The van der Waals surface area contributed by atoms with Crippen LogP contribution in [0.15, 0.2) is 30.9 Å². The van der Waals surface area contributed by atoms with Gasteiger partial charge in [0.2, 0.25) is 0 Å². The maximum atomic E-state index is 12.7. The van der Waals surface area contributed by atoms with E-state index in [2.05, 4.69) is 28.1 Å². The number of piperidine rings is 1. The van der Waals surface area contributed by atoms with Crippen LogP contribution in [-0.2, 0) is 7.05 Å². The third-order valence-electron chi connectivity index (χ3n) is 5.16. The SMILES string of the molecule is CCN1CCC[C@@H](CN(C)C(=O)c2cncc(O)c2)[C@@H]1c1cnn(C)c1. The van der Waals surface area contributed by atoms with Crippen LogP contribution in [0.1, 0.15) is 41.7 Å². The van der Waals surface area contributed by atoms with E-state index in [1.165, 1.54) is 24.0 Å². The van der Waals surface area contributed by atoms with Crippen LogP contribution in [0.3, 0.4) is 0 Å². The van der Waals surface area contributed by atoms with Crippen molar-refractivity contribution in [1.29, 1.82) is 0 Å². The van der Waals surface area contributed by atoms with Crippen molar-refractivity contribution in [3.63, 3.8) is 0 Å². The molecular weight excluding hydrogens is 330 g/mol. The summed E-state index contributed by atoms with van der Waals surface area (Å²) in [6, 6.07) is 1.73. The number of aromatic nitrogens is 3. The molecule has 0 bridgehead atoms. The van der Waals surface area contributed by atoms with Crippen molar-refractivity contribution in [3.05, 3.63) is 42.0 Å². The fourth-order valence-corrected chi connectivity index (χ4v) is 3.97. The summed E-state index contributed by atoms with van der Waals surface area (Å²) in [6.45, 7) is 4.88. The van der Waals surface area contributed by atoms with Gasteiger partial charge in [0.1, 0.15) is 5.75 Å². The van der Waals surface area contributed by atoms with Crippen molar-refractivity contribution in [3.8, 4) is 5.75 Å². The Bertz CT molecular complexity index is 760. The molecule has 0 spiro atoms. The Kier molecular flexibility index (Phi) is 5.56. The van der Waals surface area contributed by atoms with Gasteiger partial charge in [0.25, 0.3) is 5.91 Å². The molecular formula is C19H27N5O2. The molecule has 3 heterocycles. The number of nitrogens with zero attached hydrogens (tertiary/aromatic N) is 5. The van der Waals surface area contributed by atoms with E-state index >= 15 is 0 Å². The fourth-order valence-electron chi connectivity index (χ4n) is 3.97. The minimum Gasteiger partial charge on any atom is -0.506 e. The van der Waals surface area contributed by atoms with Gasteiger partial charge in [-0.2, -0.15) is 5.10 Å². The first kappa shape index (κ1) is 18.4.